The van der Waals surface area contributed by atoms with E-state index < -0.39 is 10.5 Å². The molecule has 0 saturated carbocycles. The summed E-state index contributed by atoms with van der Waals surface area (Å²) in [5.74, 6) is 0.806. The van der Waals surface area contributed by atoms with Crippen molar-refractivity contribution in [2.24, 2.45) is 0 Å². The van der Waals surface area contributed by atoms with Crippen LogP contribution in [0.4, 0.5) is 11.5 Å². The summed E-state index contributed by atoms with van der Waals surface area (Å²) < 4.78 is 0. The molecule has 0 aliphatic carbocycles. The first-order valence-electron chi connectivity index (χ1n) is 7.50. The highest BCUT2D eigenvalue weighted by molar-refractivity contribution is 5.51. The normalized spacial score (nSPS) is 20.2. The van der Waals surface area contributed by atoms with E-state index in [9.17, 15) is 15.2 Å². The quantitative estimate of drug-likeness (QED) is 0.671. The highest BCUT2D eigenvalue weighted by Gasteiger charge is 2.29. The van der Waals surface area contributed by atoms with Crippen molar-refractivity contribution in [3.8, 4) is 0 Å². The predicted octanol–water partition coefficient (Wildman–Crippen LogP) is 1.58. The molecule has 1 aliphatic rings. The number of aryl methyl sites for hydroxylation is 1. The lowest BCUT2D eigenvalue weighted by Gasteiger charge is -2.42. The minimum absolute atomic E-state index is 0.0231. The largest absolute Gasteiger partial charge is 0.389 e. The number of β-amino-alcohol motifs (C(OH)–C–C–N with tert-alkyl or cyclic N) is 1. The van der Waals surface area contributed by atoms with E-state index in [1.54, 1.807) is 6.07 Å². The molecule has 1 aliphatic heterocycles. The minimum atomic E-state index is -0.710. The van der Waals surface area contributed by atoms with Crippen LogP contribution in [0.2, 0.25) is 0 Å². The summed E-state index contributed by atoms with van der Waals surface area (Å²) in [5, 5.41) is 20.8. The molecule has 22 heavy (non-hydrogen) atoms. The zero-order valence-corrected chi connectivity index (χ0v) is 13.6. The number of nitrogens with zero attached hydrogens (tertiary/aromatic N) is 4. The Morgan fingerprint density at radius 3 is 2.68 bits per heavy atom. The molecule has 1 fully saturated rings. The van der Waals surface area contributed by atoms with Crippen molar-refractivity contribution >= 4 is 11.5 Å². The molecular weight excluding hydrogens is 284 g/mol. The molecule has 0 radical (unpaired) electrons. The van der Waals surface area contributed by atoms with E-state index in [2.05, 4.69) is 21.7 Å². The standard InChI is InChI=1S/C15H24N4O3/c1-11-7-13(19(21)22)8-16-14(11)17-5-6-18(12(2)9-17)10-15(3,4)20/h7-8,12,20H,5-6,9-10H2,1-4H3. The number of nitro groups is 1. The van der Waals surface area contributed by atoms with E-state index in [1.807, 2.05) is 20.8 Å². The Morgan fingerprint density at radius 2 is 2.18 bits per heavy atom. The van der Waals surface area contributed by atoms with Gasteiger partial charge in [-0.2, -0.15) is 0 Å². The molecule has 1 saturated heterocycles. The maximum Gasteiger partial charge on any atom is 0.287 e. The maximum absolute atomic E-state index is 10.8. The second kappa shape index (κ2) is 6.18. The summed E-state index contributed by atoms with van der Waals surface area (Å²) in [6.45, 7) is 10.7. The fourth-order valence-electron chi connectivity index (χ4n) is 2.90. The van der Waals surface area contributed by atoms with Crippen LogP contribution in [0.25, 0.3) is 0 Å². The number of anilines is 1. The van der Waals surface area contributed by atoms with Gasteiger partial charge in [0, 0.05) is 38.3 Å². The van der Waals surface area contributed by atoms with Gasteiger partial charge >= 0.3 is 0 Å². The first-order valence-corrected chi connectivity index (χ1v) is 7.50. The van der Waals surface area contributed by atoms with E-state index >= 15 is 0 Å². The van der Waals surface area contributed by atoms with Crippen molar-refractivity contribution in [3.63, 3.8) is 0 Å². The van der Waals surface area contributed by atoms with Gasteiger partial charge in [-0.1, -0.05) is 0 Å². The molecule has 2 heterocycles. The molecule has 1 N–H and O–H groups in total. The average molecular weight is 308 g/mol. The number of rotatable bonds is 4. The van der Waals surface area contributed by atoms with Gasteiger partial charge in [0.25, 0.3) is 5.69 Å². The lowest BCUT2D eigenvalue weighted by atomic mass is 10.1. The molecule has 1 aromatic rings. The summed E-state index contributed by atoms with van der Waals surface area (Å²) in [6.07, 6.45) is 1.32. The highest BCUT2D eigenvalue weighted by atomic mass is 16.6. The fraction of sp³-hybridized carbons (Fsp3) is 0.667. The number of aliphatic hydroxyl groups is 1. The molecule has 0 spiro atoms. The lowest BCUT2D eigenvalue weighted by Crippen LogP contribution is -2.55. The van der Waals surface area contributed by atoms with Crippen LogP contribution in [-0.4, -0.2) is 57.7 Å². The van der Waals surface area contributed by atoms with E-state index in [0.717, 1.165) is 31.0 Å². The topological polar surface area (TPSA) is 82.7 Å². The third kappa shape index (κ3) is 3.92. The van der Waals surface area contributed by atoms with Gasteiger partial charge in [0.1, 0.15) is 12.0 Å². The molecule has 0 aromatic carbocycles. The van der Waals surface area contributed by atoms with Gasteiger partial charge in [-0.05, 0) is 33.3 Å². The van der Waals surface area contributed by atoms with Crippen LogP contribution in [0.5, 0.6) is 0 Å². The van der Waals surface area contributed by atoms with Crippen LogP contribution < -0.4 is 4.90 Å². The SMILES string of the molecule is Cc1cc([N+](=O)[O-])cnc1N1CCN(CC(C)(C)O)C(C)C1. The van der Waals surface area contributed by atoms with Crippen LogP contribution in [0.3, 0.4) is 0 Å². The third-order valence-corrected chi connectivity index (χ3v) is 3.90. The van der Waals surface area contributed by atoms with Gasteiger partial charge in [-0.15, -0.1) is 0 Å². The van der Waals surface area contributed by atoms with E-state index in [4.69, 9.17) is 0 Å². The summed E-state index contributed by atoms with van der Waals surface area (Å²) in [4.78, 5) is 19.1. The summed E-state index contributed by atoms with van der Waals surface area (Å²) in [6, 6.07) is 1.85. The van der Waals surface area contributed by atoms with Gasteiger partial charge in [0.2, 0.25) is 0 Å². The molecule has 0 bridgehead atoms. The molecule has 7 heteroatoms. The lowest BCUT2D eigenvalue weighted by molar-refractivity contribution is -0.385. The molecule has 1 aromatic heterocycles. The minimum Gasteiger partial charge on any atom is -0.389 e. The molecule has 7 nitrogen and oxygen atoms in total. The van der Waals surface area contributed by atoms with Crippen LogP contribution in [0.1, 0.15) is 26.3 Å². The van der Waals surface area contributed by atoms with Crippen LogP contribution in [-0.2, 0) is 0 Å². The maximum atomic E-state index is 10.8. The molecule has 122 valence electrons. The molecule has 2 rings (SSSR count). The summed E-state index contributed by atoms with van der Waals surface area (Å²) in [7, 11) is 0. The number of piperazine rings is 1. The second-order valence-corrected chi connectivity index (χ2v) is 6.67. The van der Waals surface area contributed by atoms with Crippen molar-refractivity contribution in [2.45, 2.75) is 39.3 Å². The van der Waals surface area contributed by atoms with E-state index in [1.165, 1.54) is 6.20 Å². The first-order chi connectivity index (χ1) is 10.2. The van der Waals surface area contributed by atoms with Gasteiger partial charge in [-0.3, -0.25) is 15.0 Å². The Labute approximate surface area is 130 Å². The Bertz CT molecular complexity index is 556. The van der Waals surface area contributed by atoms with Crippen molar-refractivity contribution in [2.75, 3.05) is 31.1 Å². The monoisotopic (exact) mass is 308 g/mol. The smallest absolute Gasteiger partial charge is 0.287 e. The molecule has 1 unspecified atom stereocenters. The Morgan fingerprint density at radius 1 is 1.50 bits per heavy atom. The van der Waals surface area contributed by atoms with E-state index in [0.29, 0.717) is 6.54 Å². The van der Waals surface area contributed by atoms with Crippen molar-refractivity contribution < 1.29 is 10.0 Å². The molecule has 1 atom stereocenters. The predicted molar refractivity (Wildman–Crippen MR) is 85.2 cm³/mol. The van der Waals surface area contributed by atoms with Crippen LogP contribution >= 0.6 is 0 Å². The molecule has 0 amide bonds. The van der Waals surface area contributed by atoms with Gasteiger partial charge in [0.05, 0.1) is 10.5 Å². The van der Waals surface area contributed by atoms with Crippen molar-refractivity contribution in [1.29, 1.82) is 0 Å². The van der Waals surface area contributed by atoms with E-state index in [-0.39, 0.29) is 11.7 Å². The van der Waals surface area contributed by atoms with Crippen LogP contribution in [0.15, 0.2) is 12.3 Å². The zero-order chi connectivity index (χ0) is 16.5. The zero-order valence-electron chi connectivity index (χ0n) is 13.6. The fourth-order valence-corrected chi connectivity index (χ4v) is 2.90. The van der Waals surface area contributed by atoms with Gasteiger partial charge < -0.3 is 10.0 Å². The Hall–Kier alpha value is -1.73. The van der Waals surface area contributed by atoms with Crippen molar-refractivity contribution in [3.05, 3.63) is 27.9 Å². The average Bonchev–Trinajstić information content (AvgIpc) is 2.39. The number of hydrogen-bond donors (Lipinski definition) is 1. The van der Waals surface area contributed by atoms with Crippen molar-refractivity contribution in [1.82, 2.24) is 9.88 Å². The Balaban J connectivity index is 2.09. The molecular formula is C15H24N4O3. The summed E-state index contributed by atoms with van der Waals surface area (Å²) in [5.41, 5.74) is 0.130. The summed E-state index contributed by atoms with van der Waals surface area (Å²) >= 11 is 0. The number of hydrogen-bond acceptors (Lipinski definition) is 6. The Kier molecular flexibility index (Phi) is 4.67. The van der Waals surface area contributed by atoms with Gasteiger partial charge in [0.15, 0.2) is 0 Å². The third-order valence-electron chi connectivity index (χ3n) is 3.90. The highest BCUT2D eigenvalue weighted by Crippen LogP contribution is 2.24. The number of aromatic nitrogens is 1. The second-order valence-electron chi connectivity index (χ2n) is 6.67. The number of pyridine rings is 1. The van der Waals surface area contributed by atoms with Gasteiger partial charge in [-0.25, -0.2) is 4.98 Å². The first kappa shape index (κ1) is 16.6. The van der Waals surface area contributed by atoms with Crippen LogP contribution in [0, 0.1) is 17.0 Å².